The number of carbonyl (C=O) groups excluding carboxylic acids is 3. The van der Waals surface area contributed by atoms with E-state index in [0.717, 1.165) is 22.9 Å². The van der Waals surface area contributed by atoms with Crippen LogP contribution in [0.25, 0.3) is 0 Å². The Morgan fingerprint density at radius 2 is 1.68 bits per heavy atom. The Labute approximate surface area is 227 Å². The van der Waals surface area contributed by atoms with Crippen LogP contribution in [0.3, 0.4) is 0 Å². The van der Waals surface area contributed by atoms with E-state index in [2.05, 4.69) is 26.3 Å². The number of amides is 3. The number of hydrogen-bond donors (Lipinski definition) is 2. The molecule has 0 bridgehead atoms. The fourth-order valence-electron chi connectivity index (χ4n) is 3.45. The zero-order valence-electron chi connectivity index (χ0n) is 21.8. The molecule has 1 atom stereocenters. The third-order valence-electron chi connectivity index (χ3n) is 4.94. The topological polar surface area (TPSA) is 149 Å². The Morgan fingerprint density at radius 3 is 2.18 bits per heavy atom. The number of nitrogens with one attached hydrogen (secondary N) is 1. The molecule has 1 aromatic heterocycles. The molecule has 0 saturated heterocycles. The van der Waals surface area contributed by atoms with Gasteiger partial charge < -0.3 is 24.6 Å². The molecule has 1 aromatic carbocycles. The van der Waals surface area contributed by atoms with E-state index in [0.29, 0.717) is 4.90 Å². The van der Waals surface area contributed by atoms with Gasteiger partial charge in [0, 0.05) is 5.56 Å². The number of aromatic nitrogens is 2. The predicted molar refractivity (Wildman–Crippen MR) is 137 cm³/mol. The van der Waals surface area contributed by atoms with Crippen molar-refractivity contribution in [3.8, 4) is 0 Å². The highest BCUT2D eigenvalue weighted by atomic mass is 79.9. The predicted octanol–water partition coefficient (Wildman–Crippen LogP) is 5.04. The van der Waals surface area contributed by atoms with Crippen LogP contribution in [-0.4, -0.2) is 58.0 Å². The summed E-state index contributed by atoms with van der Waals surface area (Å²) >= 11 is 3.12. The summed E-state index contributed by atoms with van der Waals surface area (Å²) in [4.78, 5) is 50.4. The zero-order valence-corrected chi connectivity index (χ0v) is 23.4. The summed E-state index contributed by atoms with van der Waals surface area (Å²) in [7, 11) is 0. The molecule has 0 radical (unpaired) electrons. The van der Waals surface area contributed by atoms with Gasteiger partial charge in [-0.05, 0) is 75.7 Å². The Hall–Kier alpha value is -3.68. The van der Waals surface area contributed by atoms with Crippen LogP contribution in [-0.2, 0) is 26.3 Å². The van der Waals surface area contributed by atoms with Crippen molar-refractivity contribution in [2.24, 2.45) is 0 Å². The molecule has 1 heterocycles. The molecule has 0 aliphatic heterocycles. The molecule has 3 amide bonds. The van der Waals surface area contributed by atoms with Crippen LogP contribution >= 0.6 is 15.9 Å². The lowest BCUT2D eigenvalue weighted by atomic mass is 9.90. The highest BCUT2D eigenvalue weighted by Gasteiger charge is 2.37. The highest BCUT2D eigenvalue weighted by molar-refractivity contribution is 9.10. The average Bonchev–Trinajstić information content (AvgIpc) is 3.13. The second-order valence-electron chi connectivity index (χ2n) is 9.16. The zero-order chi connectivity index (χ0) is 28.8. The van der Waals surface area contributed by atoms with E-state index in [1.807, 2.05) is 0 Å². The molecule has 38 heavy (non-hydrogen) atoms. The van der Waals surface area contributed by atoms with Crippen LogP contribution in [0.1, 0.15) is 57.6 Å². The minimum Gasteiger partial charge on any atom is -0.476 e. The number of carbonyl (C=O) groups is 4. The smallest absolute Gasteiger partial charge is 0.423 e. The number of benzene rings is 1. The van der Waals surface area contributed by atoms with Crippen molar-refractivity contribution in [2.75, 3.05) is 18.1 Å². The van der Waals surface area contributed by atoms with Crippen molar-refractivity contribution in [3.05, 3.63) is 45.9 Å². The molecule has 208 valence electrons. The van der Waals surface area contributed by atoms with Gasteiger partial charge in [0.05, 0.1) is 41.7 Å². The first-order valence-electron chi connectivity index (χ1n) is 11.5. The largest absolute Gasteiger partial charge is 0.476 e. The Kier molecular flexibility index (Phi) is 9.84. The summed E-state index contributed by atoms with van der Waals surface area (Å²) in [6.45, 7) is 8.93. The van der Waals surface area contributed by atoms with E-state index in [4.69, 9.17) is 14.2 Å². The lowest BCUT2D eigenvalue weighted by Gasteiger charge is -2.33. The number of aromatic carboxylic acids is 1. The molecule has 1 unspecified atom stereocenters. The molecular formula is C24H30BrFN4O8. The molecule has 2 N–H and O–H groups in total. The number of carboxylic acids is 1. The Balaban J connectivity index is 2.70. The first-order valence-corrected chi connectivity index (χ1v) is 12.3. The van der Waals surface area contributed by atoms with E-state index in [-0.39, 0.29) is 41.2 Å². The average molecular weight is 601 g/mol. The van der Waals surface area contributed by atoms with E-state index in [1.54, 1.807) is 34.6 Å². The second kappa shape index (κ2) is 12.2. The third kappa shape index (κ3) is 7.43. The van der Waals surface area contributed by atoms with Crippen LogP contribution < -0.4 is 10.2 Å². The molecule has 0 aliphatic carbocycles. The molecule has 0 spiro atoms. The van der Waals surface area contributed by atoms with Crippen molar-refractivity contribution in [1.82, 2.24) is 15.1 Å². The normalized spacial score (nSPS) is 12.7. The van der Waals surface area contributed by atoms with Crippen molar-refractivity contribution in [3.63, 3.8) is 0 Å². The van der Waals surface area contributed by atoms with Crippen LogP contribution in [0, 0.1) is 5.82 Å². The number of imide groups is 1. The van der Waals surface area contributed by atoms with Gasteiger partial charge in [-0.25, -0.2) is 23.6 Å². The van der Waals surface area contributed by atoms with Crippen LogP contribution in [0.4, 0.5) is 24.5 Å². The van der Waals surface area contributed by atoms with Gasteiger partial charge in [0.25, 0.3) is 0 Å². The van der Waals surface area contributed by atoms with Gasteiger partial charge in [0.1, 0.15) is 11.4 Å². The summed E-state index contributed by atoms with van der Waals surface area (Å²) in [5.74, 6) is -2.15. The second-order valence-corrected chi connectivity index (χ2v) is 10.0. The molecule has 0 saturated carbocycles. The van der Waals surface area contributed by atoms with Crippen molar-refractivity contribution < 1.29 is 42.9 Å². The van der Waals surface area contributed by atoms with Gasteiger partial charge in [-0.15, -0.1) is 0 Å². The fourth-order valence-corrected chi connectivity index (χ4v) is 3.92. The van der Waals surface area contributed by atoms with Gasteiger partial charge in [-0.2, -0.15) is 10.00 Å². The van der Waals surface area contributed by atoms with Gasteiger partial charge in [0.15, 0.2) is 5.69 Å². The van der Waals surface area contributed by atoms with E-state index < -0.39 is 41.2 Å². The molecule has 2 aromatic rings. The van der Waals surface area contributed by atoms with Gasteiger partial charge in [0.2, 0.25) is 0 Å². The fraction of sp³-hybridized carbons (Fsp3) is 0.458. The van der Waals surface area contributed by atoms with Gasteiger partial charge in [-0.1, -0.05) is 0 Å². The maximum Gasteiger partial charge on any atom is 0.423 e. The van der Waals surface area contributed by atoms with E-state index in [9.17, 15) is 24.3 Å². The molecule has 2 rings (SSSR count). The SMILES string of the molecule is CCOC(=O)N(C(=O)OCC)c1ccc(F)c(C(C)(Cn2ncc(Br)c2C(=O)O)NC(=O)OC(C)(C)C)c1. The summed E-state index contributed by atoms with van der Waals surface area (Å²) in [5.41, 5.74) is -3.18. The first kappa shape index (κ1) is 30.5. The molecule has 12 nitrogen and oxygen atoms in total. The lowest BCUT2D eigenvalue weighted by molar-refractivity contribution is 0.0445. The third-order valence-corrected chi connectivity index (χ3v) is 5.52. The van der Waals surface area contributed by atoms with Gasteiger partial charge >= 0.3 is 24.2 Å². The summed E-state index contributed by atoms with van der Waals surface area (Å²) in [6, 6.07) is 3.30. The highest BCUT2D eigenvalue weighted by Crippen LogP contribution is 2.32. The molecule has 0 aliphatic rings. The number of rotatable bonds is 8. The minimum absolute atomic E-state index is 0.0488. The van der Waals surface area contributed by atoms with E-state index >= 15 is 4.39 Å². The number of ether oxygens (including phenoxy) is 3. The van der Waals surface area contributed by atoms with Crippen molar-refractivity contribution >= 4 is 45.9 Å². The quantitative estimate of drug-likeness (QED) is 0.397. The van der Waals surface area contributed by atoms with E-state index in [1.165, 1.54) is 13.1 Å². The maximum absolute atomic E-state index is 15.4. The summed E-state index contributed by atoms with van der Waals surface area (Å²) < 4.78 is 31.9. The van der Waals surface area contributed by atoms with Gasteiger partial charge in [-0.3, -0.25) is 4.68 Å². The maximum atomic E-state index is 15.4. The molecular weight excluding hydrogens is 571 g/mol. The number of anilines is 1. The van der Waals surface area contributed by atoms with Crippen LogP contribution in [0.2, 0.25) is 0 Å². The van der Waals surface area contributed by atoms with Crippen molar-refractivity contribution in [2.45, 2.75) is 59.2 Å². The number of carboxylic acid groups (broad SMARTS) is 1. The number of nitrogens with zero attached hydrogens (tertiary/aromatic N) is 3. The minimum atomic E-state index is -1.70. The van der Waals surface area contributed by atoms with Crippen molar-refractivity contribution in [1.29, 1.82) is 0 Å². The standard InChI is InChI=1S/C24H30BrFN4O8/c1-7-36-21(34)30(22(35)37-8-2)14-9-10-17(26)15(11-14)24(6,28-20(33)38-23(3,4)5)13-29-18(19(31)32)16(25)12-27-29/h9-12H,7-8,13H2,1-6H3,(H,28,33)(H,31,32). The van der Waals surface area contributed by atoms with Crippen LogP contribution in [0.15, 0.2) is 28.9 Å². The summed E-state index contributed by atoms with van der Waals surface area (Å²) in [5, 5.41) is 16.3. The number of halogens is 2. The number of alkyl carbamates (subject to hydrolysis) is 1. The Morgan fingerprint density at radius 1 is 1.11 bits per heavy atom. The summed E-state index contributed by atoms with van der Waals surface area (Å²) in [6.07, 6.45) is -1.81. The molecule has 14 heteroatoms. The lowest BCUT2D eigenvalue weighted by Crippen LogP contribution is -2.49. The number of hydrogen-bond acceptors (Lipinski definition) is 8. The first-order chi connectivity index (χ1) is 17.6. The molecule has 0 fully saturated rings. The Bertz CT molecular complexity index is 1190. The monoisotopic (exact) mass is 600 g/mol. The van der Waals surface area contributed by atoms with Crippen LogP contribution in [0.5, 0.6) is 0 Å².